The first-order valence-corrected chi connectivity index (χ1v) is 5.32. The van der Waals surface area contributed by atoms with Crippen LogP contribution in [0.5, 0.6) is 0 Å². The molecule has 0 aliphatic carbocycles. The molecule has 0 amide bonds. The van der Waals surface area contributed by atoms with Gasteiger partial charge in [0.25, 0.3) is 0 Å². The summed E-state index contributed by atoms with van der Waals surface area (Å²) in [4.78, 5) is 1.29. The summed E-state index contributed by atoms with van der Waals surface area (Å²) in [7, 11) is 0. The van der Waals surface area contributed by atoms with Crippen LogP contribution in [-0.4, -0.2) is 13.1 Å². The topological polar surface area (TPSA) is 74.6 Å². The summed E-state index contributed by atoms with van der Waals surface area (Å²) in [5.74, 6) is -0.644. The molecule has 0 fully saturated rings. The van der Waals surface area contributed by atoms with Crippen molar-refractivity contribution >= 4 is 21.6 Å². The normalized spacial score (nSPS) is 8.88. The highest BCUT2D eigenvalue weighted by atomic mass is 79.9. The van der Waals surface area contributed by atoms with Gasteiger partial charge < -0.3 is 4.90 Å². The van der Waals surface area contributed by atoms with Gasteiger partial charge in [-0.05, 0) is 28.1 Å². The first kappa shape index (κ1) is 13.0. The Bertz CT molecular complexity index is 534. The molecule has 0 N–H and O–H groups in total. The van der Waals surface area contributed by atoms with Gasteiger partial charge in [-0.2, -0.15) is 15.8 Å². The largest absolute Gasteiger partial charge is 0.342 e. The van der Waals surface area contributed by atoms with Gasteiger partial charge in [0.2, 0.25) is 0 Å². The maximum Gasteiger partial charge on any atom is 0.162 e. The van der Waals surface area contributed by atoms with Gasteiger partial charge in [0.1, 0.15) is 19.2 Å². The number of nitrogens with zero attached hydrogens (tertiary/aromatic N) is 4. The zero-order valence-corrected chi connectivity index (χ0v) is 10.2. The SMILES string of the molecule is N#CCN(CC#N)c1ccc(C#N)c(Br)c1F. The van der Waals surface area contributed by atoms with Crippen molar-refractivity contribution in [3.63, 3.8) is 0 Å². The van der Waals surface area contributed by atoms with Gasteiger partial charge in [-0.15, -0.1) is 0 Å². The van der Waals surface area contributed by atoms with Gasteiger partial charge >= 0.3 is 0 Å². The first-order valence-electron chi connectivity index (χ1n) is 4.52. The second-order valence-corrected chi connectivity index (χ2v) is 3.84. The molecule has 0 bridgehead atoms. The molecule has 4 nitrogen and oxygen atoms in total. The van der Waals surface area contributed by atoms with E-state index in [2.05, 4.69) is 15.9 Å². The number of anilines is 1. The van der Waals surface area contributed by atoms with Gasteiger partial charge in [-0.1, -0.05) is 0 Å². The van der Waals surface area contributed by atoms with Crippen LogP contribution in [0.3, 0.4) is 0 Å². The smallest absolute Gasteiger partial charge is 0.162 e. The molecular formula is C11H6BrFN4. The molecule has 1 rings (SSSR count). The lowest BCUT2D eigenvalue weighted by molar-refractivity contribution is 0.616. The summed E-state index contributed by atoms with van der Waals surface area (Å²) in [5, 5.41) is 25.9. The number of halogens is 2. The third-order valence-electron chi connectivity index (χ3n) is 2.05. The Morgan fingerprint density at radius 2 is 1.76 bits per heavy atom. The third kappa shape index (κ3) is 2.72. The lowest BCUT2D eigenvalue weighted by Gasteiger charge is -2.19. The predicted molar refractivity (Wildman–Crippen MR) is 62.3 cm³/mol. The maximum atomic E-state index is 13.9. The second-order valence-electron chi connectivity index (χ2n) is 3.04. The van der Waals surface area contributed by atoms with Crippen molar-refractivity contribution in [2.24, 2.45) is 0 Å². The number of benzene rings is 1. The van der Waals surface area contributed by atoms with Crippen molar-refractivity contribution < 1.29 is 4.39 Å². The van der Waals surface area contributed by atoms with Crippen molar-refractivity contribution in [1.82, 2.24) is 0 Å². The van der Waals surface area contributed by atoms with Crippen molar-refractivity contribution in [3.05, 3.63) is 28.0 Å². The zero-order valence-electron chi connectivity index (χ0n) is 8.61. The molecule has 0 aromatic heterocycles. The molecule has 0 radical (unpaired) electrons. The fourth-order valence-electron chi connectivity index (χ4n) is 1.27. The molecule has 1 aromatic carbocycles. The first-order chi connectivity index (χ1) is 8.15. The van der Waals surface area contributed by atoms with Crippen molar-refractivity contribution in [2.75, 3.05) is 18.0 Å². The number of rotatable bonds is 3. The molecule has 84 valence electrons. The Morgan fingerprint density at radius 3 is 2.24 bits per heavy atom. The lowest BCUT2D eigenvalue weighted by atomic mass is 10.2. The molecule has 0 atom stereocenters. The average Bonchev–Trinajstić information content (AvgIpc) is 2.32. The third-order valence-corrected chi connectivity index (χ3v) is 2.82. The molecule has 0 saturated heterocycles. The Kier molecular flexibility index (Phi) is 4.46. The average molecular weight is 293 g/mol. The molecule has 17 heavy (non-hydrogen) atoms. The van der Waals surface area contributed by atoms with Crippen molar-refractivity contribution in [1.29, 1.82) is 15.8 Å². The second kappa shape index (κ2) is 5.84. The van der Waals surface area contributed by atoms with Crippen LogP contribution in [0.2, 0.25) is 0 Å². The molecule has 1 aromatic rings. The summed E-state index contributed by atoms with van der Waals surface area (Å²) in [6, 6.07) is 8.36. The van der Waals surface area contributed by atoms with Crippen LogP contribution >= 0.6 is 15.9 Å². The van der Waals surface area contributed by atoms with E-state index in [1.807, 2.05) is 18.2 Å². The minimum absolute atomic E-state index is 0.0402. The minimum Gasteiger partial charge on any atom is -0.342 e. The van der Waals surface area contributed by atoms with E-state index in [9.17, 15) is 4.39 Å². The number of hydrogen-bond donors (Lipinski definition) is 0. The van der Waals surface area contributed by atoms with Crippen LogP contribution < -0.4 is 4.90 Å². The summed E-state index contributed by atoms with van der Waals surface area (Å²) < 4.78 is 13.9. The van der Waals surface area contributed by atoms with Crippen LogP contribution in [0, 0.1) is 39.8 Å². The predicted octanol–water partition coefficient (Wildman–Crippen LogP) is 2.31. The van der Waals surface area contributed by atoms with Gasteiger partial charge in [0, 0.05) is 0 Å². The van der Waals surface area contributed by atoms with E-state index < -0.39 is 5.82 Å². The Hall–Kier alpha value is -2.10. The molecule has 0 spiro atoms. The van der Waals surface area contributed by atoms with E-state index in [0.29, 0.717) is 0 Å². The number of nitriles is 3. The molecule has 0 aliphatic rings. The zero-order chi connectivity index (χ0) is 12.8. The van der Waals surface area contributed by atoms with E-state index in [4.69, 9.17) is 15.8 Å². The fourth-order valence-corrected chi connectivity index (χ4v) is 1.69. The maximum absolute atomic E-state index is 13.9. The molecular weight excluding hydrogens is 287 g/mol. The minimum atomic E-state index is -0.644. The van der Waals surface area contributed by atoms with E-state index >= 15 is 0 Å². The van der Waals surface area contributed by atoms with Crippen LogP contribution in [0.15, 0.2) is 16.6 Å². The van der Waals surface area contributed by atoms with Crippen molar-refractivity contribution in [2.45, 2.75) is 0 Å². The van der Waals surface area contributed by atoms with Crippen molar-refractivity contribution in [3.8, 4) is 18.2 Å². The standard InChI is InChI=1S/C11H6BrFN4/c12-10-8(7-16)1-2-9(11(10)13)17(5-3-14)6-4-15/h1-2H,5-6H2. The highest BCUT2D eigenvalue weighted by Crippen LogP contribution is 2.28. The van der Waals surface area contributed by atoms with Gasteiger partial charge in [-0.25, -0.2) is 4.39 Å². The molecule has 0 heterocycles. The molecule has 0 aliphatic heterocycles. The summed E-state index contributed by atoms with van der Waals surface area (Å²) in [6.45, 7) is -0.189. The highest BCUT2D eigenvalue weighted by Gasteiger charge is 2.16. The van der Waals surface area contributed by atoms with E-state index in [0.717, 1.165) is 0 Å². The van der Waals surface area contributed by atoms with E-state index in [1.165, 1.54) is 17.0 Å². The Labute approximate surface area is 106 Å². The van der Waals surface area contributed by atoms with Gasteiger partial charge in [-0.3, -0.25) is 0 Å². The summed E-state index contributed by atoms with van der Waals surface area (Å²) in [6.07, 6.45) is 0. The van der Waals surface area contributed by atoms with Gasteiger partial charge in [0.15, 0.2) is 5.82 Å². The van der Waals surface area contributed by atoms with Crippen LogP contribution in [0.4, 0.5) is 10.1 Å². The molecule has 6 heteroatoms. The molecule has 0 unspecified atom stereocenters. The monoisotopic (exact) mass is 292 g/mol. The quantitative estimate of drug-likeness (QED) is 0.801. The lowest BCUT2D eigenvalue weighted by Crippen LogP contribution is -2.25. The van der Waals surface area contributed by atoms with E-state index in [-0.39, 0.29) is 28.8 Å². The van der Waals surface area contributed by atoms with Gasteiger partial charge in [0.05, 0.1) is 27.9 Å². The Morgan fingerprint density at radius 1 is 1.18 bits per heavy atom. The number of hydrogen-bond acceptors (Lipinski definition) is 4. The highest BCUT2D eigenvalue weighted by molar-refractivity contribution is 9.10. The Balaban J connectivity index is 3.24. The molecule has 0 saturated carbocycles. The summed E-state index contributed by atoms with van der Waals surface area (Å²) in [5.41, 5.74) is 0.291. The van der Waals surface area contributed by atoms with Crippen LogP contribution in [0.25, 0.3) is 0 Å². The fraction of sp³-hybridized carbons (Fsp3) is 0.182. The van der Waals surface area contributed by atoms with E-state index in [1.54, 1.807) is 0 Å². The van der Waals surface area contributed by atoms with Crippen LogP contribution in [-0.2, 0) is 0 Å². The van der Waals surface area contributed by atoms with Crippen LogP contribution in [0.1, 0.15) is 5.56 Å². The summed E-state index contributed by atoms with van der Waals surface area (Å²) >= 11 is 2.97.